The standard InChI is InChI=1S/C11H20N2O3/c1-8(2-5-10(14)15)6-7-12-11(16)13-9-3-4-9/h8-9H,2-7H2,1H3,(H,14,15)(H2,12,13,16). The zero-order valence-corrected chi connectivity index (χ0v) is 9.66. The number of carboxylic acid groups (broad SMARTS) is 1. The number of nitrogens with one attached hydrogen (secondary N) is 2. The minimum atomic E-state index is -0.758. The lowest BCUT2D eigenvalue weighted by Crippen LogP contribution is -2.37. The van der Waals surface area contributed by atoms with Crippen molar-refractivity contribution in [2.45, 2.75) is 45.1 Å². The minimum Gasteiger partial charge on any atom is -0.481 e. The van der Waals surface area contributed by atoms with Gasteiger partial charge < -0.3 is 15.7 Å². The van der Waals surface area contributed by atoms with Gasteiger partial charge in [-0.2, -0.15) is 0 Å². The number of rotatable bonds is 7. The van der Waals surface area contributed by atoms with E-state index in [1.165, 1.54) is 0 Å². The first-order chi connectivity index (χ1) is 7.58. The molecule has 1 rings (SSSR count). The minimum absolute atomic E-state index is 0.104. The first-order valence-electron chi connectivity index (χ1n) is 5.84. The Morgan fingerprint density at radius 2 is 2.06 bits per heavy atom. The summed E-state index contributed by atoms with van der Waals surface area (Å²) in [6.07, 6.45) is 3.87. The van der Waals surface area contributed by atoms with E-state index >= 15 is 0 Å². The first kappa shape index (κ1) is 12.8. The van der Waals surface area contributed by atoms with Gasteiger partial charge in [0.25, 0.3) is 0 Å². The molecule has 0 aromatic heterocycles. The SMILES string of the molecule is CC(CCNC(=O)NC1CC1)CCC(=O)O. The molecule has 92 valence electrons. The molecule has 0 saturated heterocycles. The molecule has 1 atom stereocenters. The van der Waals surface area contributed by atoms with E-state index in [2.05, 4.69) is 10.6 Å². The number of carboxylic acids is 1. The van der Waals surface area contributed by atoms with Crippen molar-refractivity contribution in [3.05, 3.63) is 0 Å². The van der Waals surface area contributed by atoms with Gasteiger partial charge in [0, 0.05) is 19.0 Å². The van der Waals surface area contributed by atoms with Crippen molar-refractivity contribution < 1.29 is 14.7 Å². The predicted molar refractivity (Wildman–Crippen MR) is 60.2 cm³/mol. The van der Waals surface area contributed by atoms with Gasteiger partial charge in [0.05, 0.1) is 0 Å². The van der Waals surface area contributed by atoms with Crippen LogP contribution in [0, 0.1) is 5.92 Å². The highest BCUT2D eigenvalue weighted by Crippen LogP contribution is 2.18. The monoisotopic (exact) mass is 228 g/mol. The van der Waals surface area contributed by atoms with Crippen molar-refractivity contribution in [1.82, 2.24) is 10.6 Å². The Labute approximate surface area is 95.6 Å². The molecule has 1 fully saturated rings. The molecule has 0 radical (unpaired) electrons. The van der Waals surface area contributed by atoms with Crippen LogP contribution in [0.25, 0.3) is 0 Å². The molecule has 0 aromatic carbocycles. The lowest BCUT2D eigenvalue weighted by molar-refractivity contribution is -0.137. The third kappa shape index (κ3) is 6.27. The predicted octanol–water partition coefficient (Wildman–Crippen LogP) is 1.34. The van der Waals surface area contributed by atoms with Gasteiger partial charge in [-0.3, -0.25) is 4.79 Å². The van der Waals surface area contributed by atoms with Gasteiger partial charge >= 0.3 is 12.0 Å². The molecule has 0 aromatic rings. The van der Waals surface area contributed by atoms with Crippen molar-refractivity contribution in [2.24, 2.45) is 5.92 Å². The fraction of sp³-hybridized carbons (Fsp3) is 0.818. The van der Waals surface area contributed by atoms with Crippen LogP contribution in [0.15, 0.2) is 0 Å². The molecular formula is C11H20N2O3. The van der Waals surface area contributed by atoms with E-state index in [4.69, 9.17) is 5.11 Å². The Bertz CT molecular complexity index is 252. The van der Waals surface area contributed by atoms with Gasteiger partial charge in [0.15, 0.2) is 0 Å². The second kappa shape index (κ2) is 6.35. The molecular weight excluding hydrogens is 208 g/mol. The quantitative estimate of drug-likeness (QED) is 0.615. The summed E-state index contributed by atoms with van der Waals surface area (Å²) in [7, 11) is 0. The van der Waals surface area contributed by atoms with E-state index < -0.39 is 5.97 Å². The van der Waals surface area contributed by atoms with Crippen molar-refractivity contribution in [2.75, 3.05) is 6.54 Å². The van der Waals surface area contributed by atoms with Crippen LogP contribution in [0.3, 0.4) is 0 Å². The Balaban J connectivity index is 1.96. The molecule has 2 amide bonds. The van der Waals surface area contributed by atoms with E-state index in [9.17, 15) is 9.59 Å². The highest BCUT2D eigenvalue weighted by Gasteiger charge is 2.22. The lowest BCUT2D eigenvalue weighted by atomic mass is 10.0. The molecule has 5 nitrogen and oxygen atoms in total. The average Bonchev–Trinajstić information content (AvgIpc) is 2.98. The van der Waals surface area contributed by atoms with Crippen molar-refractivity contribution in [1.29, 1.82) is 0 Å². The zero-order chi connectivity index (χ0) is 12.0. The van der Waals surface area contributed by atoms with Crippen LogP contribution in [0.2, 0.25) is 0 Å². The van der Waals surface area contributed by atoms with E-state index in [0.29, 0.717) is 24.9 Å². The lowest BCUT2D eigenvalue weighted by Gasteiger charge is -2.11. The first-order valence-corrected chi connectivity index (χ1v) is 5.84. The maximum Gasteiger partial charge on any atom is 0.315 e. The fourth-order valence-corrected chi connectivity index (χ4v) is 1.41. The van der Waals surface area contributed by atoms with Crippen molar-refractivity contribution >= 4 is 12.0 Å². The Morgan fingerprint density at radius 1 is 1.38 bits per heavy atom. The van der Waals surface area contributed by atoms with Crippen LogP contribution >= 0.6 is 0 Å². The number of urea groups is 1. The molecule has 0 aliphatic heterocycles. The smallest absolute Gasteiger partial charge is 0.315 e. The maximum absolute atomic E-state index is 11.2. The Morgan fingerprint density at radius 3 is 2.62 bits per heavy atom. The summed E-state index contributed by atoms with van der Waals surface area (Å²) in [5.74, 6) is -0.427. The zero-order valence-electron chi connectivity index (χ0n) is 9.66. The fourth-order valence-electron chi connectivity index (χ4n) is 1.41. The molecule has 16 heavy (non-hydrogen) atoms. The molecule has 0 heterocycles. The van der Waals surface area contributed by atoms with Gasteiger partial charge in [-0.05, 0) is 31.6 Å². The maximum atomic E-state index is 11.2. The molecule has 5 heteroatoms. The molecule has 0 bridgehead atoms. The Kier molecular flexibility index (Phi) is 5.08. The summed E-state index contributed by atoms with van der Waals surface area (Å²) in [6.45, 7) is 2.61. The van der Waals surface area contributed by atoms with Crippen LogP contribution in [0.5, 0.6) is 0 Å². The highest BCUT2D eigenvalue weighted by atomic mass is 16.4. The summed E-state index contributed by atoms with van der Waals surface area (Å²) in [6, 6.07) is 0.275. The van der Waals surface area contributed by atoms with Gasteiger partial charge in [-0.1, -0.05) is 6.92 Å². The largest absolute Gasteiger partial charge is 0.481 e. The van der Waals surface area contributed by atoms with Crippen molar-refractivity contribution in [3.63, 3.8) is 0 Å². The Hall–Kier alpha value is -1.26. The summed E-state index contributed by atoms with van der Waals surface area (Å²) < 4.78 is 0. The van der Waals surface area contributed by atoms with Crippen LogP contribution in [0.4, 0.5) is 4.79 Å². The van der Waals surface area contributed by atoms with E-state index in [1.54, 1.807) is 0 Å². The van der Waals surface area contributed by atoms with Gasteiger partial charge in [0.1, 0.15) is 0 Å². The summed E-state index contributed by atoms with van der Waals surface area (Å²) in [5, 5.41) is 14.1. The van der Waals surface area contributed by atoms with Gasteiger partial charge in [-0.15, -0.1) is 0 Å². The summed E-state index contributed by atoms with van der Waals surface area (Å²) >= 11 is 0. The van der Waals surface area contributed by atoms with Crippen LogP contribution < -0.4 is 10.6 Å². The second-order valence-corrected chi connectivity index (χ2v) is 4.50. The second-order valence-electron chi connectivity index (χ2n) is 4.50. The third-order valence-electron chi connectivity index (χ3n) is 2.69. The van der Waals surface area contributed by atoms with E-state index in [0.717, 1.165) is 19.3 Å². The summed E-state index contributed by atoms with van der Waals surface area (Å²) in [5.41, 5.74) is 0. The highest BCUT2D eigenvalue weighted by molar-refractivity contribution is 5.74. The number of hydrogen-bond donors (Lipinski definition) is 3. The number of amides is 2. The summed E-state index contributed by atoms with van der Waals surface area (Å²) in [4.78, 5) is 21.6. The van der Waals surface area contributed by atoms with Crippen LogP contribution in [-0.4, -0.2) is 29.7 Å². The van der Waals surface area contributed by atoms with Crippen LogP contribution in [0.1, 0.15) is 39.0 Å². The molecule has 1 saturated carbocycles. The van der Waals surface area contributed by atoms with Crippen LogP contribution in [-0.2, 0) is 4.79 Å². The van der Waals surface area contributed by atoms with Crippen molar-refractivity contribution in [3.8, 4) is 0 Å². The van der Waals surface area contributed by atoms with E-state index in [1.807, 2.05) is 6.92 Å². The van der Waals surface area contributed by atoms with E-state index in [-0.39, 0.29) is 12.5 Å². The molecule has 0 spiro atoms. The number of aliphatic carboxylic acids is 1. The molecule has 1 aliphatic rings. The molecule has 1 unspecified atom stereocenters. The third-order valence-corrected chi connectivity index (χ3v) is 2.69. The molecule has 3 N–H and O–H groups in total. The number of carbonyl (C=O) groups is 2. The molecule has 1 aliphatic carbocycles. The number of hydrogen-bond acceptors (Lipinski definition) is 2. The van der Waals surface area contributed by atoms with Gasteiger partial charge in [-0.25, -0.2) is 4.79 Å². The average molecular weight is 228 g/mol. The van der Waals surface area contributed by atoms with Gasteiger partial charge in [0.2, 0.25) is 0 Å². The normalized spacial score (nSPS) is 16.6. The number of carbonyl (C=O) groups excluding carboxylic acids is 1. The topological polar surface area (TPSA) is 78.4 Å².